The Kier molecular flexibility index (Phi) is 6.30. The first-order chi connectivity index (χ1) is 9.17. The van der Waals surface area contributed by atoms with E-state index in [1.165, 1.54) is 0 Å². The van der Waals surface area contributed by atoms with Crippen LogP contribution in [-0.4, -0.2) is 41.3 Å². The molecule has 1 rings (SSSR count). The lowest BCUT2D eigenvalue weighted by atomic mass is 9.80. The number of nitrogens with zero attached hydrogens (tertiary/aromatic N) is 1. The van der Waals surface area contributed by atoms with Crippen LogP contribution in [0.5, 0.6) is 0 Å². The quantitative estimate of drug-likeness (QED) is 0.815. The summed E-state index contributed by atoms with van der Waals surface area (Å²) in [6, 6.07) is -0.259. The van der Waals surface area contributed by atoms with Gasteiger partial charge in [-0.2, -0.15) is 13.2 Å². The molecule has 6 heteroatoms. The van der Waals surface area contributed by atoms with E-state index in [4.69, 9.17) is 5.11 Å². The highest BCUT2D eigenvalue weighted by Gasteiger charge is 2.36. The molecule has 0 radical (unpaired) electrons. The summed E-state index contributed by atoms with van der Waals surface area (Å²) in [6.07, 6.45) is -0.0684. The van der Waals surface area contributed by atoms with Crippen LogP contribution < -0.4 is 0 Å². The number of aliphatic carboxylic acids is 1. The summed E-state index contributed by atoms with van der Waals surface area (Å²) in [5.74, 6) is -0.257. The molecule has 1 aliphatic carbocycles. The number of rotatable bonds is 6. The molecule has 20 heavy (non-hydrogen) atoms. The van der Waals surface area contributed by atoms with Gasteiger partial charge < -0.3 is 5.11 Å². The third kappa shape index (κ3) is 6.59. The lowest BCUT2D eigenvalue weighted by molar-refractivity contribution is -0.160. The fraction of sp³-hybridized carbons (Fsp3) is 0.929. The van der Waals surface area contributed by atoms with E-state index in [0.29, 0.717) is 24.7 Å². The first-order valence-corrected chi connectivity index (χ1v) is 7.20. The second-order valence-corrected chi connectivity index (χ2v) is 6.23. The smallest absolute Gasteiger partial charge is 0.401 e. The number of halogens is 3. The third-order valence-corrected chi connectivity index (χ3v) is 3.80. The van der Waals surface area contributed by atoms with Crippen molar-refractivity contribution in [2.45, 2.75) is 58.2 Å². The molecule has 0 spiro atoms. The molecule has 0 aromatic heterocycles. The Morgan fingerprint density at radius 3 is 2.50 bits per heavy atom. The Morgan fingerprint density at radius 2 is 2.00 bits per heavy atom. The van der Waals surface area contributed by atoms with Crippen LogP contribution in [0.4, 0.5) is 13.2 Å². The molecule has 1 saturated carbocycles. The molecule has 1 aliphatic rings. The van der Waals surface area contributed by atoms with Crippen molar-refractivity contribution in [2.75, 3.05) is 13.1 Å². The highest BCUT2D eigenvalue weighted by Crippen LogP contribution is 2.33. The predicted octanol–water partition coefficient (Wildman–Crippen LogP) is 3.54. The number of carboxylic acids is 1. The number of hydrogen-bond donors (Lipinski definition) is 1. The second kappa shape index (κ2) is 7.29. The lowest BCUT2D eigenvalue weighted by Gasteiger charge is -2.37. The molecule has 1 N–H and O–H groups in total. The summed E-state index contributed by atoms with van der Waals surface area (Å²) in [5, 5.41) is 8.81. The van der Waals surface area contributed by atoms with Gasteiger partial charge in [0.25, 0.3) is 0 Å². The van der Waals surface area contributed by atoms with Gasteiger partial charge in [-0.25, -0.2) is 0 Å². The first-order valence-electron chi connectivity index (χ1n) is 7.20. The van der Waals surface area contributed by atoms with Gasteiger partial charge in [0.1, 0.15) is 0 Å². The SMILES string of the molecule is CC(C)CC1CCCC(N(CC(=O)O)CC(F)(F)F)C1. The van der Waals surface area contributed by atoms with Gasteiger partial charge in [-0.15, -0.1) is 0 Å². The van der Waals surface area contributed by atoms with Crippen LogP contribution in [0.1, 0.15) is 46.0 Å². The van der Waals surface area contributed by atoms with Crippen molar-refractivity contribution in [3.05, 3.63) is 0 Å². The average molecular weight is 295 g/mol. The Hall–Kier alpha value is -0.780. The van der Waals surface area contributed by atoms with Crippen LogP contribution in [0.15, 0.2) is 0 Å². The van der Waals surface area contributed by atoms with E-state index < -0.39 is 25.2 Å². The van der Waals surface area contributed by atoms with E-state index in [-0.39, 0.29) is 6.04 Å². The maximum atomic E-state index is 12.6. The zero-order valence-electron chi connectivity index (χ0n) is 12.1. The van der Waals surface area contributed by atoms with Crippen molar-refractivity contribution in [3.63, 3.8) is 0 Å². The molecule has 2 unspecified atom stereocenters. The van der Waals surface area contributed by atoms with Crippen molar-refractivity contribution < 1.29 is 23.1 Å². The molecule has 118 valence electrons. The fourth-order valence-electron chi connectivity index (χ4n) is 3.19. The van der Waals surface area contributed by atoms with E-state index in [9.17, 15) is 18.0 Å². The van der Waals surface area contributed by atoms with Crippen molar-refractivity contribution in [1.82, 2.24) is 4.90 Å². The molecule has 2 atom stereocenters. The largest absolute Gasteiger partial charge is 0.480 e. The second-order valence-electron chi connectivity index (χ2n) is 6.23. The molecule has 0 aliphatic heterocycles. The van der Waals surface area contributed by atoms with Crippen molar-refractivity contribution in [1.29, 1.82) is 0 Å². The predicted molar refractivity (Wildman–Crippen MR) is 70.5 cm³/mol. The fourth-order valence-corrected chi connectivity index (χ4v) is 3.19. The molecule has 3 nitrogen and oxygen atoms in total. The molecule has 0 heterocycles. The van der Waals surface area contributed by atoms with Gasteiger partial charge >= 0.3 is 12.1 Å². The Bertz CT molecular complexity index is 318. The molecule has 0 saturated heterocycles. The number of carboxylic acid groups (broad SMARTS) is 1. The van der Waals surface area contributed by atoms with Crippen molar-refractivity contribution in [3.8, 4) is 0 Å². The summed E-state index contributed by atoms with van der Waals surface area (Å²) in [7, 11) is 0. The molecule has 0 amide bonds. The molecule has 1 fully saturated rings. The lowest BCUT2D eigenvalue weighted by Crippen LogP contribution is -2.46. The molecular weight excluding hydrogens is 271 g/mol. The summed E-state index contributed by atoms with van der Waals surface area (Å²) in [5.41, 5.74) is 0. The molecule has 0 bridgehead atoms. The molecule has 0 aromatic carbocycles. The Balaban J connectivity index is 2.66. The summed E-state index contributed by atoms with van der Waals surface area (Å²) in [4.78, 5) is 11.9. The van der Waals surface area contributed by atoms with Gasteiger partial charge in [0.2, 0.25) is 0 Å². The van der Waals surface area contributed by atoms with Crippen molar-refractivity contribution >= 4 is 5.97 Å². The van der Waals surface area contributed by atoms with Crippen LogP contribution >= 0.6 is 0 Å². The molecular formula is C14H24F3NO2. The third-order valence-electron chi connectivity index (χ3n) is 3.80. The van der Waals surface area contributed by atoms with Crippen LogP contribution in [0.25, 0.3) is 0 Å². The average Bonchev–Trinajstić information content (AvgIpc) is 2.25. The van der Waals surface area contributed by atoms with Crippen molar-refractivity contribution in [2.24, 2.45) is 11.8 Å². The normalized spacial score (nSPS) is 24.4. The van der Waals surface area contributed by atoms with Crippen LogP contribution in [0.2, 0.25) is 0 Å². The summed E-state index contributed by atoms with van der Waals surface area (Å²) >= 11 is 0. The number of carbonyl (C=O) groups is 1. The zero-order valence-corrected chi connectivity index (χ0v) is 12.1. The monoisotopic (exact) mass is 295 g/mol. The maximum absolute atomic E-state index is 12.6. The topological polar surface area (TPSA) is 40.5 Å². The van der Waals surface area contributed by atoms with Crippen LogP contribution in [0.3, 0.4) is 0 Å². The van der Waals surface area contributed by atoms with Gasteiger partial charge in [0.05, 0.1) is 13.1 Å². The van der Waals surface area contributed by atoms with Gasteiger partial charge in [0.15, 0.2) is 0 Å². The highest BCUT2D eigenvalue weighted by atomic mass is 19.4. The molecule has 0 aromatic rings. The van der Waals surface area contributed by atoms with Gasteiger partial charge in [-0.3, -0.25) is 9.69 Å². The Morgan fingerprint density at radius 1 is 1.35 bits per heavy atom. The van der Waals surface area contributed by atoms with Gasteiger partial charge in [-0.1, -0.05) is 26.7 Å². The zero-order chi connectivity index (χ0) is 15.3. The van der Waals surface area contributed by atoms with Crippen LogP contribution in [0, 0.1) is 11.8 Å². The van der Waals surface area contributed by atoms with Crippen LogP contribution in [-0.2, 0) is 4.79 Å². The Labute approximate surface area is 118 Å². The minimum absolute atomic E-state index is 0.259. The summed E-state index contributed by atoms with van der Waals surface area (Å²) < 4.78 is 37.8. The van der Waals surface area contributed by atoms with E-state index in [2.05, 4.69) is 13.8 Å². The van der Waals surface area contributed by atoms with E-state index in [1.807, 2.05) is 0 Å². The standard InChI is InChI=1S/C14H24F3NO2/c1-10(2)6-11-4-3-5-12(7-11)18(8-13(19)20)9-14(15,16)17/h10-12H,3-9H2,1-2H3,(H,19,20). The van der Waals surface area contributed by atoms with E-state index in [1.54, 1.807) is 0 Å². The van der Waals surface area contributed by atoms with Gasteiger partial charge in [0, 0.05) is 6.04 Å². The van der Waals surface area contributed by atoms with E-state index in [0.717, 1.165) is 24.2 Å². The first kappa shape index (κ1) is 17.3. The van der Waals surface area contributed by atoms with E-state index >= 15 is 0 Å². The van der Waals surface area contributed by atoms with Gasteiger partial charge in [-0.05, 0) is 31.1 Å². The maximum Gasteiger partial charge on any atom is 0.401 e. The number of alkyl halides is 3. The minimum Gasteiger partial charge on any atom is -0.480 e. The highest BCUT2D eigenvalue weighted by molar-refractivity contribution is 5.69. The minimum atomic E-state index is -4.35. The number of hydrogen-bond acceptors (Lipinski definition) is 2. The summed E-state index contributed by atoms with van der Waals surface area (Å²) in [6.45, 7) is 2.56.